The molecular formula is C11H12IN3O5. The number of nitrogens with one attached hydrogen (secondary N) is 2. The van der Waals surface area contributed by atoms with Gasteiger partial charge in [-0.1, -0.05) is 0 Å². The fourth-order valence-electron chi connectivity index (χ4n) is 1.35. The summed E-state index contributed by atoms with van der Waals surface area (Å²) in [6.45, 7) is 0.238. The highest BCUT2D eigenvalue weighted by atomic mass is 127. The lowest BCUT2D eigenvalue weighted by Crippen LogP contribution is -2.29. The quantitative estimate of drug-likeness (QED) is 0.296. The Morgan fingerprint density at radius 3 is 2.65 bits per heavy atom. The van der Waals surface area contributed by atoms with Crippen molar-refractivity contribution in [3.05, 3.63) is 31.9 Å². The zero-order valence-electron chi connectivity index (χ0n) is 10.3. The highest BCUT2D eigenvalue weighted by Crippen LogP contribution is 2.23. The van der Waals surface area contributed by atoms with Gasteiger partial charge in [0.05, 0.1) is 8.49 Å². The minimum Gasteiger partial charge on any atom is -0.481 e. The van der Waals surface area contributed by atoms with E-state index in [-0.39, 0.29) is 18.7 Å². The highest BCUT2D eigenvalue weighted by Gasteiger charge is 2.12. The first-order chi connectivity index (χ1) is 9.40. The van der Waals surface area contributed by atoms with Gasteiger partial charge < -0.3 is 15.7 Å². The van der Waals surface area contributed by atoms with Gasteiger partial charge in [-0.25, -0.2) is 4.79 Å². The predicted molar refractivity (Wildman–Crippen MR) is 79.7 cm³/mol. The third-order valence-corrected chi connectivity index (χ3v) is 3.12. The molecule has 108 valence electrons. The van der Waals surface area contributed by atoms with Crippen molar-refractivity contribution >= 4 is 46.0 Å². The maximum absolute atomic E-state index is 11.5. The van der Waals surface area contributed by atoms with E-state index in [0.717, 1.165) is 0 Å². The number of urea groups is 1. The first-order valence-electron chi connectivity index (χ1n) is 5.60. The van der Waals surface area contributed by atoms with Gasteiger partial charge in [0.25, 0.3) is 5.69 Å². The number of carbonyl (C=O) groups excluding carboxylic acids is 1. The molecule has 0 radical (unpaired) electrons. The number of carboxylic acids is 1. The van der Waals surface area contributed by atoms with Crippen molar-refractivity contribution in [2.24, 2.45) is 0 Å². The Hall–Kier alpha value is -1.91. The van der Waals surface area contributed by atoms with Crippen molar-refractivity contribution in [1.29, 1.82) is 0 Å². The van der Waals surface area contributed by atoms with Crippen LogP contribution in [0.3, 0.4) is 0 Å². The third-order valence-electron chi connectivity index (χ3n) is 2.26. The van der Waals surface area contributed by atoms with E-state index in [1.54, 1.807) is 0 Å². The molecule has 0 heterocycles. The molecule has 0 saturated heterocycles. The van der Waals surface area contributed by atoms with Crippen LogP contribution in [-0.4, -0.2) is 28.6 Å². The number of rotatable bonds is 6. The van der Waals surface area contributed by atoms with Crippen LogP contribution in [0.1, 0.15) is 12.8 Å². The van der Waals surface area contributed by atoms with Gasteiger partial charge in [-0.15, -0.1) is 0 Å². The zero-order chi connectivity index (χ0) is 15.1. The van der Waals surface area contributed by atoms with Crippen LogP contribution in [0, 0.1) is 13.7 Å². The first kappa shape index (κ1) is 16.1. The van der Waals surface area contributed by atoms with Gasteiger partial charge >= 0.3 is 12.0 Å². The Bertz CT molecular complexity index is 535. The van der Waals surface area contributed by atoms with Gasteiger partial charge in [-0.2, -0.15) is 0 Å². The summed E-state index contributed by atoms with van der Waals surface area (Å²) < 4.78 is 0.413. The van der Waals surface area contributed by atoms with Crippen molar-refractivity contribution in [3.8, 4) is 0 Å². The van der Waals surface area contributed by atoms with E-state index < -0.39 is 16.9 Å². The summed E-state index contributed by atoms with van der Waals surface area (Å²) in [4.78, 5) is 31.9. The number of nitro benzene ring substituents is 1. The average Bonchev–Trinajstić information content (AvgIpc) is 2.34. The van der Waals surface area contributed by atoms with Crippen molar-refractivity contribution in [2.45, 2.75) is 12.8 Å². The Morgan fingerprint density at radius 2 is 2.10 bits per heavy atom. The van der Waals surface area contributed by atoms with Crippen molar-refractivity contribution in [2.75, 3.05) is 11.9 Å². The highest BCUT2D eigenvalue weighted by molar-refractivity contribution is 14.1. The number of amides is 2. The van der Waals surface area contributed by atoms with E-state index in [9.17, 15) is 19.7 Å². The van der Waals surface area contributed by atoms with Crippen LogP contribution in [0.25, 0.3) is 0 Å². The molecule has 0 bridgehead atoms. The van der Waals surface area contributed by atoms with Crippen LogP contribution in [0.2, 0.25) is 0 Å². The summed E-state index contributed by atoms with van der Waals surface area (Å²) in [7, 11) is 0. The minimum atomic E-state index is -0.919. The number of nitro groups is 1. The molecule has 2 amide bonds. The lowest BCUT2D eigenvalue weighted by atomic mass is 10.3. The van der Waals surface area contributed by atoms with E-state index in [1.165, 1.54) is 18.2 Å². The average molecular weight is 393 g/mol. The summed E-state index contributed by atoms with van der Waals surface area (Å²) in [6.07, 6.45) is 0.316. The van der Waals surface area contributed by atoms with Crippen molar-refractivity contribution in [1.82, 2.24) is 5.32 Å². The maximum Gasteiger partial charge on any atom is 0.319 e. The summed E-state index contributed by atoms with van der Waals surface area (Å²) in [5.41, 5.74) is 0.397. The lowest BCUT2D eigenvalue weighted by Gasteiger charge is -2.07. The zero-order valence-corrected chi connectivity index (χ0v) is 12.4. The fraction of sp³-hybridized carbons (Fsp3) is 0.273. The smallest absolute Gasteiger partial charge is 0.319 e. The number of carbonyl (C=O) groups is 2. The molecule has 0 saturated carbocycles. The van der Waals surface area contributed by atoms with Crippen LogP contribution >= 0.6 is 22.6 Å². The number of halogens is 1. The van der Waals surface area contributed by atoms with Crippen LogP contribution in [-0.2, 0) is 4.79 Å². The van der Waals surface area contributed by atoms with Crippen LogP contribution in [0.15, 0.2) is 18.2 Å². The monoisotopic (exact) mass is 393 g/mol. The molecule has 0 aromatic heterocycles. The third kappa shape index (κ3) is 5.38. The number of hydrogen-bond acceptors (Lipinski definition) is 4. The number of anilines is 1. The van der Waals surface area contributed by atoms with E-state index in [4.69, 9.17) is 5.11 Å². The minimum absolute atomic E-state index is 0.0181. The van der Waals surface area contributed by atoms with Gasteiger partial charge in [0, 0.05) is 24.7 Å². The molecule has 20 heavy (non-hydrogen) atoms. The predicted octanol–water partition coefficient (Wildman–Crippen LogP) is 2.19. The van der Waals surface area contributed by atoms with E-state index in [0.29, 0.717) is 15.7 Å². The molecule has 0 spiro atoms. The molecule has 1 rings (SSSR count). The molecule has 0 aliphatic rings. The van der Waals surface area contributed by atoms with Crippen LogP contribution in [0.4, 0.5) is 16.2 Å². The summed E-state index contributed by atoms with van der Waals surface area (Å²) >= 11 is 1.81. The second-order valence-corrected chi connectivity index (χ2v) is 4.96. The summed E-state index contributed by atoms with van der Waals surface area (Å²) in [6, 6.07) is 3.73. The molecule has 0 aliphatic heterocycles. The Morgan fingerprint density at radius 1 is 1.40 bits per heavy atom. The largest absolute Gasteiger partial charge is 0.481 e. The molecule has 0 fully saturated rings. The molecule has 3 N–H and O–H groups in total. The summed E-state index contributed by atoms with van der Waals surface area (Å²) in [5, 5.41) is 24.1. The summed E-state index contributed by atoms with van der Waals surface area (Å²) in [5.74, 6) is -0.919. The Balaban J connectivity index is 2.48. The SMILES string of the molecule is O=C(O)CCCNC(=O)Nc1ccc([N+](=O)[O-])c(I)c1. The molecule has 0 atom stereocenters. The molecule has 8 nitrogen and oxygen atoms in total. The Kier molecular flexibility index (Phi) is 6.15. The van der Waals surface area contributed by atoms with E-state index in [2.05, 4.69) is 10.6 Å². The molecule has 0 unspecified atom stereocenters. The number of nitrogens with zero attached hydrogens (tertiary/aromatic N) is 1. The molecular weight excluding hydrogens is 381 g/mol. The lowest BCUT2D eigenvalue weighted by molar-refractivity contribution is -0.385. The maximum atomic E-state index is 11.5. The molecule has 0 aliphatic carbocycles. The molecule has 9 heteroatoms. The van der Waals surface area contributed by atoms with Crippen LogP contribution in [0.5, 0.6) is 0 Å². The first-order valence-corrected chi connectivity index (χ1v) is 6.68. The number of aliphatic carboxylic acids is 1. The van der Waals surface area contributed by atoms with Gasteiger partial charge in [0.15, 0.2) is 0 Å². The van der Waals surface area contributed by atoms with E-state index in [1.807, 2.05) is 22.6 Å². The fourth-order valence-corrected chi connectivity index (χ4v) is 2.06. The topological polar surface area (TPSA) is 122 Å². The number of carboxylic acid groups (broad SMARTS) is 1. The van der Waals surface area contributed by atoms with Crippen molar-refractivity contribution in [3.63, 3.8) is 0 Å². The van der Waals surface area contributed by atoms with Gasteiger partial charge in [0.1, 0.15) is 0 Å². The van der Waals surface area contributed by atoms with Gasteiger partial charge in [0.2, 0.25) is 0 Å². The van der Waals surface area contributed by atoms with E-state index >= 15 is 0 Å². The molecule has 1 aromatic carbocycles. The van der Waals surface area contributed by atoms with Crippen molar-refractivity contribution < 1.29 is 19.6 Å². The Labute approximate surface area is 127 Å². The standard InChI is InChI=1S/C11H12IN3O5/c12-8-6-7(3-4-9(8)15(19)20)14-11(18)13-5-1-2-10(16)17/h3-4,6H,1-2,5H2,(H,16,17)(H2,13,14,18). The normalized spacial score (nSPS) is 9.85. The second-order valence-electron chi connectivity index (χ2n) is 3.80. The van der Waals surface area contributed by atoms with Crippen LogP contribution < -0.4 is 10.6 Å². The number of hydrogen-bond donors (Lipinski definition) is 3. The number of benzene rings is 1. The van der Waals surface area contributed by atoms with Gasteiger partial charge in [-0.05, 0) is 41.1 Å². The van der Waals surface area contributed by atoms with Gasteiger partial charge in [-0.3, -0.25) is 14.9 Å². The second kappa shape index (κ2) is 7.62. The molecule has 1 aromatic rings.